The Labute approximate surface area is 97.4 Å². The van der Waals surface area contributed by atoms with Crippen LogP contribution in [-0.4, -0.2) is 10.1 Å². The van der Waals surface area contributed by atoms with E-state index < -0.39 is 17.1 Å². The zero-order valence-electron chi connectivity index (χ0n) is 9.71. The summed E-state index contributed by atoms with van der Waals surface area (Å²) in [5.74, 6) is -0.420. The summed E-state index contributed by atoms with van der Waals surface area (Å²) in [7, 11) is 0. The lowest BCUT2D eigenvalue weighted by atomic mass is 10.2. The second kappa shape index (κ2) is 3.87. The molecule has 0 aliphatic heterocycles. The highest BCUT2D eigenvalue weighted by Gasteiger charge is 2.56. The Hall–Kier alpha value is -1.85. The van der Waals surface area contributed by atoms with Crippen molar-refractivity contribution in [3.8, 4) is 0 Å². The van der Waals surface area contributed by atoms with Crippen LogP contribution in [0.15, 0.2) is 33.5 Å². The van der Waals surface area contributed by atoms with E-state index >= 15 is 0 Å². The third-order valence-electron chi connectivity index (χ3n) is 3.09. The van der Waals surface area contributed by atoms with Gasteiger partial charge in [0.15, 0.2) is 5.82 Å². The monoisotopic (exact) mass is 239 g/mol. The van der Waals surface area contributed by atoms with Crippen LogP contribution >= 0.6 is 0 Å². The molecular formula is C11H14FN3O2. The molecule has 1 aromatic heterocycles. The first-order valence-corrected chi connectivity index (χ1v) is 5.35. The molecule has 1 heterocycles. The summed E-state index contributed by atoms with van der Waals surface area (Å²) in [5.41, 5.74) is -0.385. The number of nitrogens with one attached hydrogen (secondary N) is 2. The first-order valence-electron chi connectivity index (χ1n) is 5.35. The van der Waals surface area contributed by atoms with Crippen molar-refractivity contribution in [2.45, 2.75) is 25.8 Å². The quantitative estimate of drug-likeness (QED) is 0.782. The van der Waals surface area contributed by atoms with Crippen LogP contribution in [0.1, 0.15) is 26.1 Å². The van der Waals surface area contributed by atoms with Gasteiger partial charge in [0.25, 0.3) is 0 Å². The van der Waals surface area contributed by atoms with Crippen molar-refractivity contribution in [3.63, 3.8) is 0 Å². The SMILES string of the molecule is C=C(N[C@@]1(c2noc(=O)[nH]2)C[C@@H]1C)/C(F)=C\C. The van der Waals surface area contributed by atoms with Crippen molar-refractivity contribution >= 4 is 0 Å². The van der Waals surface area contributed by atoms with E-state index in [9.17, 15) is 9.18 Å². The van der Waals surface area contributed by atoms with Gasteiger partial charge in [-0.2, -0.15) is 0 Å². The second-order valence-corrected chi connectivity index (χ2v) is 4.26. The summed E-state index contributed by atoms with van der Waals surface area (Å²) >= 11 is 0. The molecule has 5 nitrogen and oxygen atoms in total. The van der Waals surface area contributed by atoms with Gasteiger partial charge in [0.1, 0.15) is 11.4 Å². The molecule has 92 valence electrons. The standard InChI is InChI=1S/C11H14FN3O2/c1-4-8(12)7(3)14-11(5-6(11)2)9-13-10(16)17-15-9/h4,6,14H,3,5H2,1-2H3,(H,13,15,16)/b8-4+/t6-,11-/m0/s1. The molecule has 1 fully saturated rings. The van der Waals surface area contributed by atoms with Crippen molar-refractivity contribution in [2.75, 3.05) is 0 Å². The van der Waals surface area contributed by atoms with Crippen LogP contribution in [-0.2, 0) is 5.54 Å². The molecular weight excluding hydrogens is 225 g/mol. The Bertz CT molecular complexity index is 531. The highest BCUT2D eigenvalue weighted by Crippen LogP contribution is 2.50. The number of nitrogens with zero attached hydrogens (tertiary/aromatic N) is 1. The number of aromatic amines is 1. The molecule has 1 aliphatic rings. The van der Waals surface area contributed by atoms with Crippen molar-refractivity contribution in [1.82, 2.24) is 15.5 Å². The van der Waals surface area contributed by atoms with Gasteiger partial charge >= 0.3 is 5.76 Å². The minimum atomic E-state index is -0.614. The van der Waals surface area contributed by atoms with Gasteiger partial charge in [0.05, 0.1) is 5.70 Å². The van der Waals surface area contributed by atoms with Crippen LogP contribution in [0, 0.1) is 5.92 Å². The van der Waals surface area contributed by atoms with E-state index in [1.165, 1.54) is 6.08 Å². The Morgan fingerprint density at radius 2 is 2.47 bits per heavy atom. The molecule has 17 heavy (non-hydrogen) atoms. The first-order chi connectivity index (χ1) is 7.99. The number of aromatic nitrogens is 2. The number of hydrogen-bond acceptors (Lipinski definition) is 4. The smallest absolute Gasteiger partial charge is 0.370 e. The largest absolute Gasteiger partial charge is 0.438 e. The van der Waals surface area contributed by atoms with Crippen LogP contribution in [0.5, 0.6) is 0 Å². The highest BCUT2D eigenvalue weighted by molar-refractivity contribution is 5.28. The molecule has 2 atom stereocenters. The van der Waals surface area contributed by atoms with Gasteiger partial charge in [0.2, 0.25) is 0 Å². The van der Waals surface area contributed by atoms with E-state index in [4.69, 9.17) is 0 Å². The predicted molar refractivity (Wildman–Crippen MR) is 59.7 cm³/mol. The normalized spacial score (nSPS) is 27.9. The maximum Gasteiger partial charge on any atom is 0.438 e. The van der Waals surface area contributed by atoms with E-state index in [1.807, 2.05) is 6.92 Å². The van der Waals surface area contributed by atoms with Crippen molar-refractivity contribution in [3.05, 3.63) is 40.6 Å². The topological polar surface area (TPSA) is 70.9 Å². The zero-order valence-corrected chi connectivity index (χ0v) is 9.71. The fraction of sp³-hybridized carbons (Fsp3) is 0.455. The molecule has 0 amide bonds. The fourth-order valence-corrected chi connectivity index (χ4v) is 1.91. The average Bonchev–Trinajstić information content (AvgIpc) is 2.74. The molecule has 2 N–H and O–H groups in total. The van der Waals surface area contributed by atoms with Gasteiger partial charge < -0.3 is 5.32 Å². The van der Waals surface area contributed by atoms with Crippen molar-refractivity contribution in [1.29, 1.82) is 0 Å². The summed E-state index contributed by atoms with van der Waals surface area (Å²) < 4.78 is 17.8. The van der Waals surface area contributed by atoms with E-state index in [-0.39, 0.29) is 11.6 Å². The van der Waals surface area contributed by atoms with Gasteiger partial charge in [-0.1, -0.05) is 18.7 Å². The highest BCUT2D eigenvalue weighted by atomic mass is 19.1. The van der Waals surface area contributed by atoms with Crippen LogP contribution in [0.2, 0.25) is 0 Å². The van der Waals surface area contributed by atoms with E-state index in [1.54, 1.807) is 6.92 Å². The van der Waals surface area contributed by atoms with Crippen LogP contribution < -0.4 is 11.1 Å². The Kier molecular flexibility index (Phi) is 2.65. The maximum absolute atomic E-state index is 13.3. The van der Waals surface area contributed by atoms with Crippen LogP contribution in [0.3, 0.4) is 0 Å². The average molecular weight is 239 g/mol. The van der Waals surface area contributed by atoms with Gasteiger partial charge in [-0.15, -0.1) is 0 Å². The number of H-pyrrole nitrogens is 1. The molecule has 1 saturated carbocycles. The van der Waals surface area contributed by atoms with Crippen LogP contribution in [0.4, 0.5) is 4.39 Å². The van der Waals surface area contributed by atoms with Crippen LogP contribution in [0.25, 0.3) is 0 Å². The summed E-state index contributed by atoms with van der Waals surface area (Å²) in [6.45, 7) is 7.17. The fourth-order valence-electron chi connectivity index (χ4n) is 1.91. The minimum absolute atomic E-state index is 0.181. The second-order valence-electron chi connectivity index (χ2n) is 4.26. The molecule has 0 unspecified atom stereocenters. The van der Waals surface area contributed by atoms with Crippen molar-refractivity contribution < 1.29 is 8.91 Å². The number of halogens is 1. The molecule has 1 aromatic rings. The molecule has 1 aliphatic carbocycles. The molecule has 0 radical (unpaired) electrons. The maximum atomic E-state index is 13.3. The lowest BCUT2D eigenvalue weighted by Gasteiger charge is -2.17. The number of rotatable bonds is 4. The molecule has 0 aromatic carbocycles. The van der Waals surface area contributed by atoms with E-state index in [2.05, 4.69) is 26.6 Å². The first kappa shape index (κ1) is 11.6. The Morgan fingerprint density at radius 3 is 2.88 bits per heavy atom. The number of hydrogen-bond donors (Lipinski definition) is 2. The lowest BCUT2D eigenvalue weighted by molar-refractivity contribution is 0.367. The zero-order chi connectivity index (χ0) is 12.6. The Balaban J connectivity index is 2.23. The van der Waals surface area contributed by atoms with Gasteiger partial charge in [-0.05, 0) is 25.3 Å². The lowest BCUT2D eigenvalue weighted by Crippen LogP contribution is -2.31. The molecule has 0 bridgehead atoms. The van der Waals surface area contributed by atoms with Gasteiger partial charge in [-0.25, -0.2) is 9.18 Å². The predicted octanol–water partition coefficient (Wildman–Crippen LogP) is 1.57. The number of allylic oxidation sites excluding steroid dienone is 2. The van der Waals surface area contributed by atoms with Crippen molar-refractivity contribution in [2.24, 2.45) is 5.92 Å². The molecule has 0 spiro atoms. The van der Waals surface area contributed by atoms with E-state index in [0.29, 0.717) is 5.82 Å². The molecule has 2 rings (SSSR count). The molecule has 6 heteroatoms. The summed E-state index contributed by atoms with van der Waals surface area (Å²) in [5, 5.41) is 6.62. The summed E-state index contributed by atoms with van der Waals surface area (Å²) in [6.07, 6.45) is 2.06. The minimum Gasteiger partial charge on any atom is -0.370 e. The van der Waals surface area contributed by atoms with E-state index in [0.717, 1.165) is 6.42 Å². The summed E-state index contributed by atoms with van der Waals surface area (Å²) in [4.78, 5) is 13.4. The van der Waals surface area contributed by atoms with Gasteiger partial charge in [0, 0.05) is 0 Å². The Morgan fingerprint density at radius 1 is 1.82 bits per heavy atom. The van der Waals surface area contributed by atoms with Gasteiger partial charge in [-0.3, -0.25) is 9.51 Å². The third kappa shape index (κ3) is 1.90. The third-order valence-corrected chi connectivity index (χ3v) is 3.09. The summed E-state index contributed by atoms with van der Waals surface area (Å²) in [6, 6.07) is 0. The molecule has 0 saturated heterocycles.